The zero-order chi connectivity index (χ0) is 102. The molecule has 0 bridgehead atoms. The van der Waals surface area contributed by atoms with E-state index in [9.17, 15) is 53.1 Å². The number of amides is 9. The first kappa shape index (κ1) is 113. The molecule has 16 N–H and O–H groups in total. The number of rotatable bonds is 63. The summed E-state index contributed by atoms with van der Waals surface area (Å²) in [5.41, 5.74) is 13.8. The van der Waals surface area contributed by atoms with Crippen molar-refractivity contribution in [3.63, 3.8) is 0 Å². The Hall–Kier alpha value is -9.57. The van der Waals surface area contributed by atoms with Crippen LogP contribution in [0.2, 0.25) is 0 Å². The average Bonchev–Trinajstić information content (AvgIpc) is 1.52. The molecule has 0 radical (unpaired) electrons. The van der Waals surface area contributed by atoms with E-state index in [1.807, 2.05) is 67.5 Å². The maximum atomic E-state index is 18.4. The van der Waals surface area contributed by atoms with Gasteiger partial charge in [-0.15, -0.1) is 5.53 Å². The Labute approximate surface area is 826 Å². The number of quaternary nitrogens is 1. The molecule has 2 aromatic carbocycles. The van der Waals surface area contributed by atoms with Crippen molar-refractivity contribution in [2.45, 2.75) is 224 Å². The van der Waals surface area contributed by atoms with E-state index >= 15 is 13.6 Å². The molecule has 3 heterocycles. The Balaban J connectivity index is 0.680. The monoisotopic (exact) mass is 1990 g/mol. The number of hydrogen-bond acceptors (Lipinski definition) is 29. The molecule has 8 aliphatic rings. The van der Waals surface area contributed by atoms with Crippen LogP contribution in [0.15, 0.2) is 83.7 Å². The molecular formula is C100H155F2N16O23+. The summed E-state index contributed by atoms with van der Waals surface area (Å²) >= 11 is 0. The number of para-hydroxylation sites is 1. The van der Waals surface area contributed by atoms with Crippen molar-refractivity contribution in [1.82, 2.24) is 63.9 Å². The molecule has 39 nitrogen and oxygen atoms in total. The van der Waals surface area contributed by atoms with Gasteiger partial charge in [0.1, 0.15) is 24.9 Å². The zero-order valence-corrected chi connectivity index (χ0v) is 83.7. The maximum absolute atomic E-state index is 18.4. The van der Waals surface area contributed by atoms with Crippen LogP contribution in [0.5, 0.6) is 0 Å². The van der Waals surface area contributed by atoms with Gasteiger partial charge in [0, 0.05) is 92.6 Å². The lowest BCUT2D eigenvalue weighted by Gasteiger charge is -2.63. The summed E-state index contributed by atoms with van der Waals surface area (Å²) in [6, 6.07) is 11.9. The summed E-state index contributed by atoms with van der Waals surface area (Å²) in [5.74, 6) is -2.27. The predicted octanol–water partition coefficient (Wildman–Crippen LogP) is 4.39. The third-order valence-corrected chi connectivity index (χ3v) is 27.8. The predicted molar refractivity (Wildman–Crippen MR) is 519 cm³/mol. The van der Waals surface area contributed by atoms with Crippen molar-refractivity contribution in [2.24, 2.45) is 46.1 Å². The van der Waals surface area contributed by atoms with Gasteiger partial charge >= 0.3 is 6.03 Å². The molecule has 0 spiro atoms. The molecule has 2 unspecified atom stereocenters. The summed E-state index contributed by atoms with van der Waals surface area (Å²) in [7, 11) is 8.03. The summed E-state index contributed by atoms with van der Waals surface area (Å²) in [5, 5.41) is 37.1. The number of ether oxygens (including phenoxy) is 11. The number of unbranched alkanes of at least 4 members (excludes halogenated alkanes) is 1. The largest absolute Gasteiger partial charge is 0.390 e. The van der Waals surface area contributed by atoms with Crippen LogP contribution in [0.1, 0.15) is 180 Å². The van der Waals surface area contributed by atoms with Gasteiger partial charge in [-0.3, -0.25) is 58.8 Å². The summed E-state index contributed by atoms with van der Waals surface area (Å²) < 4.78 is 101. The van der Waals surface area contributed by atoms with Gasteiger partial charge in [0.05, 0.1) is 206 Å². The number of allylic oxidation sites excluding steroid dienone is 5. The van der Waals surface area contributed by atoms with Crippen molar-refractivity contribution in [1.29, 1.82) is 0 Å². The zero-order valence-electron chi connectivity index (χ0n) is 83.7. The van der Waals surface area contributed by atoms with E-state index in [1.54, 1.807) is 25.7 Å². The van der Waals surface area contributed by atoms with E-state index in [1.165, 1.54) is 19.1 Å². The molecule has 9 amide bonds. The van der Waals surface area contributed by atoms with E-state index in [-0.39, 0.29) is 173 Å². The Kier molecular flexibility index (Phi) is 45.1. The number of nitrogens with one attached hydrogen (secondary N) is 11. The molecular weight excluding hydrogens is 1830 g/mol. The van der Waals surface area contributed by atoms with E-state index in [4.69, 9.17) is 63.7 Å². The Bertz CT molecular complexity index is 4620. The Morgan fingerprint density at radius 2 is 1.30 bits per heavy atom. The first-order valence-corrected chi connectivity index (χ1v) is 50.2. The summed E-state index contributed by atoms with van der Waals surface area (Å²) in [6.45, 7) is 14.7. The minimum atomic E-state index is -2.47. The van der Waals surface area contributed by atoms with Crippen molar-refractivity contribution >= 4 is 81.8 Å². The lowest BCUT2D eigenvalue weighted by molar-refractivity contribution is -0.869. The average molecular weight is 1990 g/mol. The second-order valence-corrected chi connectivity index (χ2v) is 39.0. The van der Waals surface area contributed by atoms with Crippen LogP contribution in [-0.2, 0) is 107 Å². The molecule has 4 fully saturated rings. The van der Waals surface area contributed by atoms with E-state index in [2.05, 4.69) is 80.1 Å². The molecule has 14 atom stereocenters. The number of ketones is 3. The minimum Gasteiger partial charge on any atom is -0.390 e. The van der Waals surface area contributed by atoms with E-state index in [0.29, 0.717) is 116 Å². The summed E-state index contributed by atoms with van der Waals surface area (Å²) in [4.78, 5) is 152. The number of anilines is 1. The van der Waals surface area contributed by atoms with Crippen molar-refractivity contribution < 1.29 is 123 Å². The molecule has 41 heteroatoms. The van der Waals surface area contributed by atoms with Crippen molar-refractivity contribution in [3.8, 4) is 0 Å². The molecule has 1 saturated heterocycles. The first-order valence-electron chi connectivity index (χ1n) is 50.2. The number of alkyl halides is 2. The highest BCUT2D eigenvalue weighted by molar-refractivity contribution is 6.03. The van der Waals surface area contributed by atoms with Crippen LogP contribution < -0.4 is 75.4 Å². The molecule has 10 rings (SSSR count). The molecule has 2 aromatic rings. The molecule has 0 aromatic heterocycles. The third kappa shape index (κ3) is 31.2. The van der Waals surface area contributed by atoms with Crippen LogP contribution in [-0.4, -0.2) is 320 Å². The topological polar surface area (TPSA) is 500 Å². The minimum absolute atomic E-state index is 0.00941. The van der Waals surface area contributed by atoms with Gasteiger partial charge in [-0.1, -0.05) is 95.5 Å². The quantitative estimate of drug-likeness (QED) is 0.0189. The van der Waals surface area contributed by atoms with E-state index in [0.717, 1.165) is 76.6 Å². The molecule has 5 aliphatic carbocycles. The second-order valence-electron chi connectivity index (χ2n) is 39.0. The number of aliphatic hydroxyl groups excluding tert-OH is 1. The first-order chi connectivity index (χ1) is 67.7. The van der Waals surface area contributed by atoms with Crippen molar-refractivity contribution in [2.75, 3.05) is 191 Å². The maximum Gasteiger partial charge on any atom is 0.312 e. The fraction of sp³-hybridized carbons (Fsp3) is 0.690. The SMILES string of the molecule is CCCC1O[C@@H]2C[C@H]3[C@@H]4C[C@H](F)C5=CC(=O)C=C[C@]5(C)[C@@]4(F)[C@@H](O)C[C@]3(C)[C@]2(C(=O)CNC(=O)[C@H](CCCNC(N)=O)CC(=O)[C@@H](NC(=O)[C@@H](CCCCNC(=O)COC2CCCCCC3=C2NNN3CCOCCOCCOCCOCCC(=O)NCC[N+](C)(C)C)NC(=O)CCOCCOCCOCCOCCNC(=O)CCC(=O)N2Cc3ccccc3/C(NC)=C(/NN)c3ccccc32)C(C)C)O1. The van der Waals surface area contributed by atoms with Crippen LogP contribution in [0.25, 0.3) is 11.4 Å². The number of hydrogen-bond donors (Lipinski definition) is 14. The number of halogens is 2. The highest BCUT2D eigenvalue weighted by atomic mass is 19.1. The number of fused-ring (bicyclic) bond motifs is 9. The fourth-order valence-corrected chi connectivity index (χ4v) is 20.5. The number of nitrogens with zero attached hydrogens (tertiary/aromatic N) is 3. The second kappa shape index (κ2) is 56.1. The Morgan fingerprint density at radius 3 is 1.96 bits per heavy atom. The number of benzene rings is 2. The number of hydrazine groups is 3. The molecule has 141 heavy (non-hydrogen) atoms. The summed E-state index contributed by atoms with van der Waals surface area (Å²) in [6.07, 6.45) is 2.81. The smallest absolute Gasteiger partial charge is 0.312 e. The number of primary amides is 1. The van der Waals surface area contributed by atoms with Crippen LogP contribution in [0.3, 0.4) is 0 Å². The van der Waals surface area contributed by atoms with Gasteiger partial charge in [-0.05, 0) is 125 Å². The van der Waals surface area contributed by atoms with Gasteiger partial charge in [-0.25, -0.2) is 13.6 Å². The highest BCUT2D eigenvalue weighted by Gasteiger charge is 2.80. The molecule has 3 aliphatic heterocycles. The number of carbonyl (C=O) groups excluding carboxylic acids is 11. The van der Waals surface area contributed by atoms with Gasteiger partial charge in [-0.2, -0.15) is 0 Å². The van der Waals surface area contributed by atoms with Crippen LogP contribution in [0.4, 0.5) is 19.3 Å². The van der Waals surface area contributed by atoms with Crippen LogP contribution >= 0.6 is 0 Å². The normalized spacial score (nSPS) is 24.6. The lowest BCUT2D eigenvalue weighted by atomic mass is 9.44. The van der Waals surface area contributed by atoms with Gasteiger partial charge in [0.2, 0.25) is 41.4 Å². The molecule has 3 saturated carbocycles. The number of carbonyl (C=O) groups is 11. The number of Topliss-reactive ketones (excluding diaryl/α,β-unsaturated/α-hetero) is 2. The number of nitrogens with two attached hydrogens (primary N) is 2. The standard InChI is InChI=1S/C100H154F2N16O23/c1-10-21-89-140-83-61-72-73-60-75(101)74-59-69(119)32-35-97(74,4)99(73,102)81(121)62-98(72,5)100(83,141-89)82(122)63-110-94(128)67(23-20-37-109-96(103)130)58-79(120)90(66(2)3)112-95(129)76(26-18-19-36-106-87(126)65-139-80-29-13-11-12-28-78-93(80)114-115-117(78)40-45-134-49-53-138-57-55-135-50-46-131-42-33-85(124)107-38-41-118(7,8)9)111-86(125)34-43-132-47-51-136-54-56-137-52-48-133-44-39-108-84(123)30-31-88(127)116-64-68-22-14-15-24-70(68)91(105-6)92(113-104)71-25-16-17-27-77(71)116/h14-17,22,24-25,27,32,35,59,66-67,72-73,75-76,80-81,83,89-90,105,113-115,121H,10-13,18-21,23,26,28-31,33-34,36-58,60-65,104H2,1-9H3,(H8-,103,106,107,108,109,110,111,112,123,124,125,126,128,129,130)/p+1/b92-91-/t67-,72+,73+,75+,76-,80?,81+,83-,89?,90+,97+,98+,99+,100-/m1/s1. The lowest BCUT2D eigenvalue weighted by Crippen LogP contribution is -2.71. The van der Waals surface area contributed by atoms with E-state index < -0.39 is 143 Å². The van der Waals surface area contributed by atoms with Crippen molar-refractivity contribution in [3.05, 3.63) is 100 Å². The fourth-order valence-electron chi connectivity index (χ4n) is 20.5. The van der Waals surface area contributed by atoms with Crippen LogP contribution in [0, 0.1) is 34.5 Å². The number of aliphatic hydroxyl groups is 1. The Morgan fingerprint density at radius 1 is 0.674 bits per heavy atom. The third-order valence-electron chi connectivity index (χ3n) is 27.8. The number of likely N-dealkylation sites (N-methyl/N-ethyl adjacent to an activating group) is 1. The number of urea groups is 1. The molecule has 786 valence electrons. The van der Waals surface area contributed by atoms with Gasteiger partial charge in [0.15, 0.2) is 34.9 Å². The van der Waals surface area contributed by atoms with Gasteiger partial charge in [0.25, 0.3) is 0 Å². The van der Waals surface area contributed by atoms with Gasteiger partial charge < -0.3 is 126 Å². The highest BCUT2D eigenvalue weighted by Crippen LogP contribution is 2.72.